The van der Waals surface area contributed by atoms with Crippen LogP contribution in [0.25, 0.3) is 0 Å². The first-order valence-electron chi connectivity index (χ1n) is 5.42. The Morgan fingerprint density at radius 2 is 2.12 bits per heavy atom. The molecule has 3 nitrogen and oxygen atoms in total. The van der Waals surface area contributed by atoms with Crippen molar-refractivity contribution in [2.45, 2.75) is 25.4 Å². The van der Waals surface area contributed by atoms with E-state index in [4.69, 9.17) is 5.73 Å². The lowest BCUT2D eigenvalue weighted by atomic mass is 10.1. The lowest BCUT2D eigenvalue weighted by Crippen LogP contribution is -2.40. The minimum absolute atomic E-state index is 0.106. The van der Waals surface area contributed by atoms with Crippen LogP contribution in [0.2, 0.25) is 0 Å². The zero-order valence-corrected chi connectivity index (χ0v) is 9.36. The van der Waals surface area contributed by atoms with E-state index >= 15 is 0 Å². The minimum atomic E-state index is -0.443. The standard InChI is InChI=1S/C13H18N2O/c1-2-3-9-12(14)13(16)15-10-11-7-5-4-6-8-11/h2,4-8,12H,1,3,9-10,14H2,(H,15,16). The molecule has 0 bridgehead atoms. The second kappa shape index (κ2) is 6.80. The Morgan fingerprint density at radius 1 is 1.44 bits per heavy atom. The zero-order valence-electron chi connectivity index (χ0n) is 9.36. The highest BCUT2D eigenvalue weighted by Crippen LogP contribution is 1.99. The molecule has 0 aliphatic rings. The van der Waals surface area contributed by atoms with Crippen LogP contribution in [0.3, 0.4) is 0 Å². The van der Waals surface area contributed by atoms with Crippen molar-refractivity contribution in [2.75, 3.05) is 0 Å². The number of nitrogens with two attached hydrogens (primary N) is 1. The molecule has 0 saturated heterocycles. The Hall–Kier alpha value is -1.61. The SMILES string of the molecule is C=CCCC(N)C(=O)NCc1ccccc1. The van der Waals surface area contributed by atoms with Crippen molar-refractivity contribution in [1.82, 2.24) is 5.32 Å². The Bertz CT molecular complexity index is 335. The van der Waals surface area contributed by atoms with Gasteiger partial charge in [-0.2, -0.15) is 0 Å². The molecule has 0 aliphatic carbocycles. The van der Waals surface area contributed by atoms with Crippen molar-refractivity contribution in [3.63, 3.8) is 0 Å². The molecule has 0 saturated carbocycles. The molecular formula is C13H18N2O. The third-order valence-corrected chi connectivity index (χ3v) is 2.33. The first kappa shape index (κ1) is 12.5. The molecule has 0 fully saturated rings. The number of rotatable bonds is 6. The van der Waals surface area contributed by atoms with Gasteiger partial charge in [0.05, 0.1) is 6.04 Å². The highest BCUT2D eigenvalue weighted by molar-refractivity contribution is 5.81. The maximum absolute atomic E-state index is 11.6. The van der Waals surface area contributed by atoms with E-state index in [1.165, 1.54) is 0 Å². The van der Waals surface area contributed by atoms with Gasteiger partial charge in [-0.15, -0.1) is 6.58 Å². The van der Waals surface area contributed by atoms with Crippen molar-refractivity contribution >= 4 is 5.91 Å². The molecular weight excluding hydrogens is 200 g/mol. The van der Waals surface area contributed by atoms with E-state index in [2.05, 4.69) is 11.9 Å². The summed E-state index contributed by atoms with van der Waals surface area (Å²) in [5.74, 6) is -0.106. The number of benzene rings is 1. The molecule has 86 valence electrons. The molecule has 0 radical (unpaired) electrons. The zero-order chi connectivity index (χ0) is 11.8. The monoisotopic (exact) mass is 218 g/mol. The Kier molecular flexibility index (Phi) is 5.29. The fraction of sp³-hybridized carbons (Fsp3) is 0.308. The van der Waals surface area contributed by atoms with E-state index in [0.29, 0.717) is 13.0 Å². The van der Waals surface area contributed by atoms with Gasteiger partial charge in [0.25, 0.3) is 0 Å². The Balaban J connectivity index is 2.32. The van der Waals surface area contributed by atoms with Crippen LogP contribution in [-0.4, -0.2) is 11.9 Å². The predicted octanol–water partition coefficient (Wildman–Crippen LogP) is 1.60. The van der Waals surface area contributed by atoms with Crippen LogP contribution in [0, 0.1) is 0 Å². The molecule has 1 rings (SSSR count). The molecule has 1 aromatic carbocycles. The quantitative estimate of drug-likeness (QED) is 0.712. The van der Waals surface area contributed by atoms with Gasteiger partial charge >= 0.3 is 0 Å². The summed E-state index contributed by atoms with van der Waals surface area (Å²) >= 11 is 0. The van der Waals surface area contributed by atoms with Crippen molar-refractivity contribution in [2.24, 2.45) is 5.73 Å². The van der Waals surface area contributed by atoms with Crippen molar-refractivity contribution in [1.29, 1.82) is 0 Å². The summed E-state index contributed by atoms with van der Waals surface area (Å²) in [6.07, 6.45) is 3.17. The number of amides is 1. The van der Waals surface area contributed by atoms with Gasteiger partial charge in [0, 0.05) is 6.54 Å². The van der Waals surface area contributed by atoms with E-state index in [1.54, 1.807) is 6.08 Å². The number of carbonyl (C=O) groups excluding carboxylic acids is 1. The average molecular weight is 218 g/mol. The minimum Gasteiger partial charge on any atom is -0.351 e. The third kappa shape index (κ3) is 4.28. The molecule has 1 amide bonds. The molecule has 1 aromatic rings. The molecule has 16 heavy (non-hydrogen) atoms. The van der Waals surface area contributed by atoms with E-state index < -0.39 is 6.04 Å². The average Bonchev–Trinajstić information content (AvgIpc) is 2.34. The molecule has 0 aromatic heterocycles. The summed E-state index contributed by atoms with van der Waals surface area (Å²) in [4.78, 5) is 11.6. The van der Waals surface area contributed by atoms with Gasteiger partial charge < -0.3 is 11.1 Å². The Morgan fingerprint density at radius 3 is 2.75 bits per heavy atom. The molecule has 3 heteroatoms. The molecule has 0 aliphatic heterocycles. The van der Waals surface area contributed by atoms with E-state index in [9.17, 15) is 4.79 Å². The van der Waals surface area contributed by atoms with Crippen LogP contribution in [0.1, 0.15) is 18.4 Å². The lowest BCUT2D eigenvalue weighted by molar-refractivity contribution is -0.122. The number of hydrogen-bond acceptors (Lipinski definition) is 2. The Labute approximate surface area is 96.3 Å². The van der Waals surface area contributed by atoms with Crippen molar-refractivity contribution in [3.8, 4) is 0 Å². The first-order valence-corrected chi connectivity index (χ1v) is 5.42. The summed E-state index contributed by atoms with van der Waals surface area (Å²) in [6.45, 7) is 4.13. The summed E-state index contributed by atoms with van der Waals surface area (Å²) in [7, 11) is 0. The highest BCUT2D eigenvalue weighted by atomic mass is 16.2. The maximum atomic E-state index is 11.6. The lowest BCUT2D eigenvalue weighted by Gasteiger charge is -2.11. The van der Waals surface area contributed by atoms with Crippen molar-refractivity contribution < 1.29 is 4.79 Å². The van der Waals surface area contributed by atoms with Gasteiger partial charge in [-0.3, -0.25) is 4.79 Å². The second-order valence-corrected chi connectivity index (χ2v) is 3.68. The summed E-state index contributed by atoms with van der Waals surface area (Å²) in [5.41, 5.74) is 6.78. The van der Waals surface area contributed by atoms with Crippen LogP contribution in [0.15, 0.2) is 43.0 Å². The molecule has 3 N–H and O–H groups in total. The van der Waals surface area contributed by atoms with Gasteiger partial charge in [-0.05, 0) is 18.4 Å². The number of nitrogens with one attached hydrogen (secondary N) is 1. The third-order valence-electron chi connectivity index (χ3n) is 2.33. The van der Waals surface area contributed by atoms with Crippen LogP contribution < -0.4 is 11.1 Å². The summed E-state index contributed by atoms with van der Waals surface area (Å²) < 4.78 is 0. The van der Waals surface area contributed by atoms with E-state index in [1.807, 2.05) is 30.3 Å². The number of hydrogen-bond donors (Lipinski definition) is 2. The number of allylic oxidation sites excluding steroid dienone is 1. The van der Waals surface area contributed by atoms with Gasteiger partial charge in [0.15, 0.2) is 0 Å². The van der Waals surface area contributed by atoms with Crippen LogP contribution in [0.4, 0.5) is 0 Å². The van der Waals surface area contributed by atoms with Gasteiger partial charge in [-0.1, -0.05) is 36.4 Å². The normalized spacial score (nSPS) is 11.8. The van der Waals surface area contributed by atoms with E-state index in [-0.39, 0.29) is 5.91 Å². The highest BCUT2D eigenvalue weighted by Gasteiger charge is 2.11. The maximum Gasteiger partial charge on any atom is 0.237 e. The largest absolute Gasteiger partial charge is 0.351 e. The van der Waals surface area contributed by atoms with Crippen LogP contribution >= 0.6 is 0 Å². The number of carbonyl (C=O) groups is 1. The molecule has 1 unspecified atom stereocenters. The fourth-order valence-electron chi connectivity index (χ4n) is 1.34. The molecule has 1 atom stereocenters. The van der Waals surface area contributed by atoms with Gasteiger partial charge in [-0.25, -0.2) is 0 Å². The van der Waals surface area contributed by atoms with Crippen LogP contribution in [-0.2, 0) is 11.3 Å². The molecule has 0 heterocycles. The summed E-state index contributed by atoms with van der Waals surface area (Å²) in [5, 5.41) is 2.81. The first-order chi connectivity index (χ1) is 7.74. The fourth-order valence-corrected chi connectivity index (χ4v) is 1.34. The van der Waals surface area contributed by atoms with Crippen molar-refractivity contribution in [3.05, 3.63) is 48.6 Å². The van der Waals surface area contributed by atoms with Gasteiger partial charge in [0.2, 0.25) is 5.91 Å². The summed E-state index contributed by atoms with van der Waals surface area (Å²) in [6, 6.07) is 9.33. The molecule has 0 spiro atoms. The smallest absolute Gasteiger partial charge is 0.237 e. The second-order valence-electron chi connectivity index (χ2n) is 3.68. The van der Waals surface area contributed by atoms with E-state index in [0.717, 1.165) is 12.0 Å². The predicted molar refractivity (Wildman–Crippen MR) is 65.7 cm³/mol. The van der Waals surface area contributed by atoms with Gasteiger partial charge in [0.1, 0.15) is 0 Å². The topological polar surface area (TPSA) is 55.1 Å². The van der Waals surface area contributed by atoms with Crippen LogP contribution in [0.5, 0.6) is 0 Å².